The molecule has 6 heteroatoms. The number of hydrogen-bond acceptors (Lipinski definition) is 5. The molecule has 1 aromatic carbocycles. The Hall–Kier alpha value is -2.13. The average molecular weight is 277 g/mol. The summed E-state index contributed by atoms with van der Waals surface area (Å²) in [6.45, 7) is 8.13. The number of hydrogen-bond donors (Lipinski definition) is 1. The van der Waals surface area contributed by atoms with Gasteiger partial charge in [0.25, 0.3) is 0 Å². The van der Waals surface area contributed by atoms with Gasteiger partial charge in [0, 0.05) is 18.2 Å². The predicted octanol–water partition coefficient (Wildman–Crippen LogP) is 2.77. The summed E-state index contributed by atoms with van der Waals surface area (Å²) in [7, 11) is 0. The molecule has 0 aliphatic rings. The van der Waals surface area contributed by atoms with Crippen LogP contribution >= 0.6 is 0 Å². The highest BCUT2D eigenvalue weighted by molar-refractivity contribution is 5.49. The lowest BCUT2D eigenvalue weighted by atomic mass is 10.1. The van der Waals surface area contributed by atoms with Crippen LogP contribution in [-0.4, -0.2) is 16.6 Å². The second-order valence-electron chi connectivity index (χ2n) is 5.55. The van der Waals surface area contributed by atoms with Crippen molar-refractivity contribution in [2.75, 3.05) is 0 Å². The maximum absolute atomic E-state index is 11.1. The van der Waals surface area contributed by atoms with Crippen molar-refractivity contribution in [2.24, 2.45) is 0 Å². The SMILES string of the molecule is CC(C#N)Oc1ccc(CNC(C)(C)C)cc1[N+](=O)[O-]. The smallest absolute Gasteiger partial charge is 0.311 e. The van der Waals surface area contributed by atoms with Gasteiger partial charge in [-0.25, -0.2) is 0 Å². The topological polar surface area (TPSA) is 88.2 Å². The zero-order chi connectivity index (χ0) is 15.3. The van der Waals surface area contributed by atoms with Crippen LogP contribution in [0.15, 0.2) is 18.2 Å². The zero-order valence-electron chi connectivity index (χ0n) is 12.1. The third-order valence-electron chi connectivity index (χ3n) is 2.53. The van der Waals surface area contributed by atoms with Gasteiger partial charge >= 0.3 is 5.69 Å². The summed E-state index contributed by atoms with van der Waals surface area (Å²) in [4.78, 5) is 10.6. The van der Waals surface area contributed by atoms with Crippen molar-refractivity contribution in [3.8, 4) is 11.8 Å². The van der Waals surface area contributed by atoms with Gasteiger partial charge in [0.05, 0.1) is 4.92 Å². The Morgan fingerprint density at radius 1 is 1.50 bits per heavy atom. The van der Waals surface area contributed by atoms with Crippen LogP contribution in [0.3, 0.4) is 0 Å². The largest absolute Gasteiger partial charge is 0.469 e. The minimum atomic E-state index is -0.729. The molecule has 0 saturated carbocycles. The lowest BCUT2D eigenvalue weighted by molar-refractivity contribution is -0.386. The molecule has 1 rings (SSSR count). The summed E-state index contributed by atoms with van der Waals surface area (Å²) in [6, 6.07) is 6.64. The Bertz CT molecular complexity index is 529. The van der Waals surface area contributed by atoms with Gasteiger partial charge in [0.1, 0.15) is 6.07 Å². The summed E-state index contributed by atoms with van der Waals surface area (Å²) >= 11 is 0. The summed E-state index contributed by atoms with van der Waals surface area (Å²) in [5.74, 6) is 0.114. The van der Waals surface area contributed by atoms with E-state index < -0.39 is 11.0 Å². The van der Waals surface area contributed by atoms with Gasteiger partial charge in [-0.1, -0.05) is 6.07 Å². The molecular weight excluding hydrogens is 258 g/mol. The van der Waals surface area contributed by atoms with Crippen LogP contribution in [0.1, 0.15) is 33.3 Å². The van der Waals surface area contributed by atoms with E-state index in [1.165, 1.54) is 12.1 Å². The predicted molar refractivity (Wildman–Crippen MR) is 75.4 cm³/mol. The molecular formula is C14H19N3O3. The van der Waals surface area contributed by atoms with Crippen molar-refractivity contribution < 1.29 is 9.66 Å². The van der Waals surface area contributed by atoms with Gasteiger partial charge in [-0.3, -0.25) is 10.1 Å². The number of nitrogens with one attached hydrogen (secondary N) is 1. The maximum Gasteiger partial charge on any atom is 0.311 e. The van der Waals surface area contributed by atoms with Crippen LogP contribution in [-0.2, 0) is 6.54 Å². The van der Waals surface area contributed by atoms with Gasteiger partial charge in [-0.2, -0.15) is 5.26 Å². The minimum Gasteiger partial charge on any atom is -0.469 e. The molecule has 1 N–H and O–H groups in total. The highest BCUT2D eigenvalue weighted by Crippen LogP contribution is 2.29. The molecule has 0 bridgehead atoms. The number of ether oxygens (including phenoxy) is 1. The first kappa shape index (κ1) is 15.9. The molecule has 0 amide bonds. The fourth-order valence-electron chi connectivity index (χ4n) is 1.50. The highest BCUT2D eigenvalue weighted by Gasteiger charge is 2.18. The minimum absolute atomic E-state index is 0.0702. The van der Waals surface area contributed by atoms with Crippen molar-refractivity contribution in [1.82, 2.24) is 5.32 Å². The van der Waals surface area contributed by atoms with E-state index >= 15 is 0 Å². The molecule has 0 saturated heterocycles. The van der Waals surface area contributed by atoms with E-state index in [0.717, 1.165) is 5.56 Å². The number of nitro benzene ring substituents is 1. The molecule has 0 aromatic heterocycles. The van der Waals surface area contributed by atoms with Crippen molar-refractivity contribution in [1.29, 1.82) is 5.26 Å². The first-order chi connectivity index (χ1) is 9.23. The molecule has 0 fully saturated rings. The molecule has 1 atom stereocenters. The van der Waals surface area contributed by atoms with E-state index in [9.17, 15) is 10.1 Å². The van der Waals surface area contributed by atoms with Crippen LogP contribution in [0.2, 0.25) is 0 Å². The highest BCUT2D eigenvalue weighted by atomic mass is 16.6. The first-order valence-electron chi connectivity index (χ1n) is 6.31. The third kappa shape index (κ3) is 4.86. The lowest BCUT2D eigenvalue weighted by Gasteiger charge is -2.20. The standard InChI is InChI=1S/C14H19N3O3/c1-10(8-15)20-13-6-5-11(7-12(13)17(18)19)9-16-14(2,3)4/h5-7,10,16H,9H2,1-4H3. The molecule has 108 valence electrons. The fraction of sp³-hybridized carbons (Fsp3) is 0.500. The van der Waals surface area contributed by atoms with Crippen molar-refractivity contribution in [2.45, 2.75) is 45.9 Å². The van der Waals surface area contributed by atoms with E-state index in [-0.39, 0.29) is 17.0 Å². The monoisotopic (exact) mass is 277 g/mol. The second-order valence-corrected chi connectivity index (χ2v) is 5.55. The molecule has 1 aromatic rings. The van der Waals surface area contributed by atoms with Crippen molar-refractivity contribution in [3.63, 3.8) is 0 Å². The van der Waals surface area contributed by atoms with Crippen molar-refractivity contribution in [3.05, 3.63) is 33.9 Å². The van der Waals surface area contributed by atoms with Crippen LogP contribution in [0, 0.1) is 21.4 Å². The Morgan fingerprint density at radius 2 is 2.15 bits per heavy atom. The number of nitrogens with zero attached hydrogens (tertiary/aromatic N) is 2. The molecule has 0 radical (unpaired) electrons. The molecule has 0 aliphatic heterocycles. The first-order valence-corrected chi connectivity index (χ1v) is 6.31. The van der Waals surface area contributed by atoms with E-state index in [0.29, 0.717) is 6.54 Å². The number of nitro groups is 1. The molecule has 20 heavy (non-hydrogen) atoms. The van der Waals surface area contributed by atoms with E-state index in [1.807, 2.05) is 26.8 Å². The molecule has 1 unspecified atom stereocenters. The Kier molecular flexibility index (Phi) is 5.06. The van der Waals surface area contributed by atoms with Gasteiger partial charge in [0.2, 0.25) is 0 Å². The summed E-state index contributed by atoms with van der Waals surface area (Å²) in [5, 5.41) is 23.0. The third-order valence-corrected chi connectivity index (χ3v) is 2.53. The molecule has 0 spiro atoms. The zero-order valence-corrected chi connectivity index (χ0v) is 12.1. The number of rotatable bonds is 5. The summed E-state index contributed by atoms with van der Waals surface area (Å²) in [5.41, 5.74) is 0.600. The van der Waals surface area contributed by atoms with Gasteiger partial charge in [-0.15, -0.1) is 0 Å². The molecule has 0 heterocycles. The lowest BCUT2D eigenvalue weighted by Crippen LogP contribution is -2.35. The van der Waals surface area contributed by atoms with E-state index in [1.54, 1.807) is 13.0 Å². The van der Waals surface area contributed by atoms with Crippen LogP contribution < -0.4 is 10.1 Å². The summed E-state index contributed by atoms with van der Waals surface area (Å²) in [6.07, 6.45) is -0.729. The molecule has 0 aliphatic carbocycles. The Morgan fingerprint density at radius 3 is 2.65 bits per heavy atom. The Balaban J connectivity index is 2.96. The fourth-order valence-corrected chi connectivity index (χ4v) is 1.50. The maximum atomic E-state index is 11.1. The van der Waals surface area contributed by atoms with Crippen LogP contribution in [0.4, 0.5) is 5.69 Å². The quantitative estimate of drug-likeness (QED) is 0.660. The number of nitriles is 1. The van der Waals surface area contributed by atoms with Gasteiger partial charge in [-0.05, 0) is 39.3 Å². The summed E-state index contributed by atoms with van der Waals surface area (Å²) < 4.78 is 5.23. The van der Waals surface area contributed by atoms with Gasteiger partial charge < -0.3 is 10.1 Å². The Labute approximate surface area is 118 Å². The second kappa shape index (κ2) is 6.35. The molecule has 6 nitrogen and oxygen atoms in total. The van der Waals surface area contributed by atoms with Gasteiger partial charge in [0.15, 0.2) is 11.9 Å². The van der Waals surface area contributed by atoms with E-state index in [2.05, 4.69) is 5.32 Å². The number of benzene rings is 1. The van der Waals surface area contributed by atoms with Crippen molar-refractivity contribution >= 4 is 5.69 Å². The van der Waals surface area contributed by atoms with Crippen LogP contribution in [0.5, 0.6) is 5.75 Å². The van der Waals surface area contributed by atoms with Crippen LogP contribution in [0.25, 0.3) is 0 Å². The average Bonchev–Trinajstić information content (AvgIpc) is 2.36. The van der Waals surface area contributed by atoms with E-state index in [4.69, 9.17) is 10.00 Å². The normalized spacial score (nSPS) is 12.6.